The molecule has 1 amide bonds. The van der Waals surface area contributed by atoms with E-state index in [1.54, 1.807) is 12.1 Å². The summed E-state index contributed by atoms with van der Waals surface area (Å²) in [4.78, 5) is 11.9. The van der Waals surface area contributed by atoms with Crippen LogP contribution < -0.4 is 10.2 Å². The van der Waals surface area contributed by atoms with Gasteiger partial charge in [-0.2, -0.15) is 5.10 Å². The quantitative estimate of drug-likeness (QED) is 0.672. The zero-order chi connectivity index (χ0) is 16.9. The summed E-state index contributed by atoms with van der Waals surface area (Å²) in [5, 5.41) is 13.5. The van der Waals surface area contributed by atoms with E-state index in [0.29, 0.717) is 0 Å². The zero-order valence-corrected chi connectivity index (χ0v) is 13.4. The molecule has 0 fully saturated rings. The highest BCUT2D eigenvalue weighted by Gasteiger charge is 2.11. The summed E-state index contributed by atoms with van der Waals surface area (Å²) in [6, 6.07) is 13.7. The first-order valence-corrected chi connectivity index (χ1v) is 7.26. The molecule has 2 N–H and O–H groups in total. The molecule has 5 heteroatoms. The number of hydrogen-bond acceptors (Lipinski definition) is 4. The van der Waals surface area contributed by atoms with Crippen LogP contribution in [0.3, 0.4) is 0 Å². The highest BCUT2D eigenvalue weighted by molar-refractivity contribution is 5.97. The molecular formula is C18H20N2O3. The molecule has 0 radical (unpaired) electrons. The van der Waals surface area contributed by atoms with E-state index >= 15 is 0 Å². The van der Waals surface area contributed by atoms with E-state index in [-0.39, 0.29) is 16.9 Å². The summed E-state index contributed by atoms with van der Waals surface area (Å²) >= 11 is 0. The van der Waals surface area contributed by atoms with Gasteiger partial charge in [-0.1, -0.05) is 12.1 Å². The molecule has 0 saturated heterocycles. The Labute approximate surface area is 135 Å². The molecular weight excluding hydrogens is 292 g/mol. The Bertz CT molecular complexity index is 701. The van der Waals surface area contributed by atoms with Gasteiger partial charge >= 0.3 is 0 Å². The summed E-state index contributed by atoms with van der Waals surface area (Å²) in [5.41, 5.74) is 3.13. The SMILES string of the molecule is CC(C)(C)Oc1ccc(/C=N\NC(=O)c2ccccc2O)cc1. The summed E-state index contributed by atoms with van der Waals surface area (Å²) in [6.45, 7) is 5.95. The van der Waals surface area contributed by atoms with Crippen LogP contribution in [0.15, 0.2) is 53.6 Å². The predicted molar refractivity (Wildman–Crippen MR) is 90.0 cm³/mol. The number of nitrogens with zero attached hydrogens (tertiary/aromatic N) is 1. The second-order valence-corrected chi connectivity index (χ2v) is 6.00. The van der Waals surface area contributed by atoms with E-state index in [9.17, 15) is 9.90 Å². The number of hydrazone groups is 1. The largest absolute Gasteiger partial charge is 0.507 e. The van der Waals surface area contributed by atoms with Crippen LogP contribution in [0.4, 0.5) is 0 Å². The van der Waals surface area contributed by atoms with Crippen LogP contribution in [0.1, 0.15) is 36.7 Å². The normalized spacial score (nSPS) is 11.4. The number of nitrogens with one attached hydrogen (secondary N) is 1. The van der Waals surface area contributed by atoms with Crippen LogP contribution in [0.25, 0.3) is 0 Å². The van der Waals surface area contributed by atoms with E-state index in [0.717, 1.165) is 11.3 Å². The van der Waals surface area contributed by atoms with Crippen molar-refractivity contribution in [3.63, 3.8) is 0 Å². The number of rotatable bonds is 4. The van der Waals surface area contributed by atoms with Gasteiger partial charge in [0.05, 0.1) is 11.8 Å². The Morgan fingerprint density at radius 2 is 1.78 bits per heavy atom. The Morgan fingerprint density at radius 3 is 2.39 bits per heavy atom. The van der Waals surface area contributed by atoms with Crippen molar-refractivity contribution in [2.75, 3.05) is 0 Å². The van der Waals surface area contributed by atoms with Crippen molar-refractivity contribution in [2.24, 2.45) is 5.10 Å². The van der Waals surface area contributed by atoms with Crippen LogP contribution in [-0.2, 0) is 0 Å². The maximum absolute atomic E-state index is 11.9. The molecule has 2 aromatic carbocycles. The second kappa shape index (κ2) is 6.96. The Morgan fingerprint density at radius 1 is 1.13 bits per heavy atom. The minimum absolute atomic E-state index is 0.0797. The van der Waals surface area contributed by atoms with Gasteiger partial charge in [0.2, 0.25) is 0 Å². The van der Waals surface area contributed by atoms with Crippen molar-refractivity contribution in [3.05, 3.63) is 59.7 Å². The lowest BCUT2D eigenvalue weighted by molar-refractivity contribution is 0.0952. The van der Waals surface area contributed by atoms with Crippen LogP contribution >= 0.6 is 0 Å². The molecule has 0 atom stereocenters. The van der Waals surface area contributed by atoms with Gasteiger partial charge < -0.3 is 9.84 Å². The van der Waals surface area contributed by atoms with Gasteiger partial charge in [0.25, 0.3) is 5.91 Å². The van der Waals surface area contributed by atoms with Crippen molar-refractivity contribution >= 4 is 12.1 Å². The average molecular weight is 312 g/mol. The molecule has 0 aliphatic rings. The van der Waals surface area contributed by atoms with Crippen LogP contribution in [0.2, 0.25) is 0 Å². The third-order valence-electron chi connectivity index (χ3n) is 2.83. The second-order valence-electron chi connectivity index (χ2n) is 6.00. The fourth-order valence-corrected chi connectivity index (χ4v) is 1.87. The van der Waals surface area contributed by atoms with Crippen LogP contribution in [0, 0.1) is 0 Å². The first-order valence-electron chi connectivity index (χ1n) is 7.26. The Kier molecular flexibility index (Phi) is 5.01. The summed E-state index contributed by atoms with van der Waals surface area (Å²) in [5.74, 6) is 0.226. The molecule has 120 valence electrons. The maximum Gasteiger partial charge on any atom is 0.275 e. The van der Waals surface area contributed by atoms with Crippen LogP contribution in [0.5, 0.6) is 11.5 Å². The van der Waals surface area contributed by atoms with Gasteiger partial charge in [-0.3, -0.25) is 4.79 Å². The lowest BCUT2D eigenvalue weighted by Gasteiger charge is -2.21. The summed E-state index contributed by atoms with van der Waals surface area (Å²) in [7, 11) is 0. The summed E-state index contributed by atoms with van der Waals surface area (Å²) in [6.07, 6.45) is 1.53. The predicted octanol–water partition coefficient (Wildman–Crippen LogP) is 3.33. The first-order chi connectivity index (χ1) is 10.8. The molecule has 0 bridgehead atoms. The average Bonchev–Trinajstić information content (AvgIpc) is 2.48. The number of hydrogen-bond donors (Lipinski definition) is 2. The smallest absolute Gasteiger partial charge is 0.275 e. The fraction of sp³-hybridized carbons (Fsp3) is 0.222. The number of carbonyl (C=O) groups excluding carboxylic acids is 1. The number of ether oxygens (including phenoxy) is 1. The van der Waals surface area contributed by atoms with Gasteiger partial charge in [-0.05, 0) is 62.7 Å². The third kappa shape index (κ3) is 5.14. The topological polar surface area (TPSA) is 70.9 Å². The molecule has 2 rings (SSSR count). The number of carbonyl (C=O) groups is 1. The van der Waals surface area contributed by atoms with E-state index < -0.39 is 5.91 Å². The number of benzene rings is 2. The fourth-order valence-electron chi connectivity index (χ4n) is 1.87. The van der Waals surface area contributed by atoms with Gasteiger partial charge in [-0.15, -0.1) is 0 Å². The number of phenolic OH excluding ortho intramolecular Hbond substituents is 1. The van der Waals surface area contributed by atoms with E-state index in [1.807, 2.05) is 45.0 Å². The molecule has 0 saturated carbocycles. The highest BCUT2D eigenvalue weighted by Crippen LogP contribution is 2.18. The van der Waals surface area contributed by atoms with E-state index in [1.165, 1.54) is 18.3 Å². The number of amides is 1. The van der Waals surface area contributed by atoms with Gasteiger partial charge in [-0.25, -0.2) is 5.43 Å². The molecule has 0 aliphatic carbocycles. The number of aromatic hydroxyl groups is 1. The molecule has 2 aromatic rings. The molecule has 0 aromatic heterocycles. The van der Waals surface area contributed by atoms with Gasteiger partial charge in [0, 0.05) is 0 Å². The van der Waals surface area contributed by atoms with E-state index in [2.05, 4.69) is 10.5 Å². The minimum atomic E-state index is -0.466. The minimum Gasteiger partial charge on any atom is -0.507 e. The van der Waals surface area contributed by atoms with Gasteiger partial charge in [0.1, 0.15) is 17.1 Å². The Balaban J connectivity index is 1.96. The van der Waals surface area contributed by atoms with Crippen molar-refractivity contribution in [2.45, 2.75) is 26.4 Å². The Hall–Kier alpha value is -2.82. The highest BCUT2D eigenvalue weighted by atomic mass is 16.5. The molecule has 0 aliphatic heterocycles. The molecule has 23 heavy (non-hydrogen) atoms. The molecule has 0 unspecified atom stereocenters. The number of para-hydroxylation sites is 1. The van der Waals surface area contributed by atoms with Crippen LogP contribution in [-0.4, -0.2) is 22.8 Å². The van der Waals surface area contributed by atoms with Crippen molar-refractivity contribution in [1.29, 1.82) is 0 Å². The summed E-state index contributed by atoms with van der Waals surface area (Å²) < 4.78 is 5.73. The lowest BCUT2D eigenvalue weighted by Crippen LogP contribution is -2.22. The maximum atomic E-state index is 11.9. The monoisotopic (exact) mass is 312 g/mol. The molecule has 5 nitrogen and oxygen atoms in total. The standard InChI is InChI=1S/C18H20N2O3/c1-18(2,3)23-14-10-8-13(9-11-14)12-19-20-17(22)15-6-4-5-7-16(15)21/h4-12,21H,1-3H3,(H,20,22)/b19-12-. The first kappa shape index (κ1) is 16.5. The lowest BCUT2D eigenvalue weighted by atomic mass is 10.2. The van der Waals surface area contributed by atoms with Crippen molar-refractivity contribution in [3.8, 4) is 11.5 Å². The third-order valence-corrected chi connectivity index (χ3v) is 2.83. The van der Waals surface area contributed by atoms with E-state index in [4.69, 9.17) is 4.74 Å². The number of phenols is 1. The van der Waals surface area contributed by atoms with Crippen molar-refractivity contribution in [1.82, 2.24) is 5.43 Å². The van der Waals surface area contributed by atoms with Gasteiger partial charge in [0.15, 0.2) is 0 Å². The molecule has 0 heterocycles. The zero-order valence-electron chi connectivity index (χ0n) is 13.4. The molecule has 0 spiro atoms. The van der Waals surface area contributed by atoms with Crippen molar-refractivity contribution < 1.29 is 14.6 Å².